The van der Waals surface area contributed by atoms with Gasteiger partial charge in [0.15, 0.2) is 23.0 Å². The predicted molar refractivity (Wildman–Crippen MR) is 290 cm³/mol. The molecule has 6 aromatic rings. The number of thiazole rings is 2. The number of rotatable bonds is 13. The van der Waals surface area contributed by atoms with Crippen molar-refractivity contribution in [3.63, 3.8) is 0 Å². The molecule has 0 spiro atoms. The Balaban J connectivity index is 0.000000152. The number of likely N-dealkylation sites (tertiary alicyclic amines) is 1. The molecule has 392 valence electrons. The number of benzene rings is 4. The molecule has 0 radical (unpaired) electrons. The number of aliphatic hydroxyl groups is 1. The Labute approximate surface area is 454 Å². The van der Waals surface area contributed by atoms with Crippen molar-refractivity contribution in [2.45, 2.75) is 100 Å². The molecule has 2 atom stereocenters. The van der Waals surface area contributed by atoms with Gasteiger partial charge in [-0.25, -0.2) is 18.4 Å². The number of nitrogens with one attached hydrogen (secondary N) is 1. The third-order valence-electron chi connectivity index (χ3n) is 14.1. The fraction of sp³-hybridized carbons (Fsp3) is 0.418. The lowest BCUT2D eigenvalue weighted by molar-refractivity contribution is -0.121. The fourth-order valence-corrected chi connectivity index (χ4v) is 12.3. The highest BCUT2D eigenvalue weighted by Gasteiger charge is 2.52. The third-order valence-corrected chi connectivity index (χ3v) is 16.9. The third kappa shape index (κ3) is 13.3. The molecular weight excluding hydrogens is 1060 g/mol. The van der Waals surface area contributed by atoms with Gasteiger partial charge in [0.1, 0.15) is 27.7 Å². The van der Waals surface area contributed by atoms with Crippen LogP contribution in [0.1, 0.15) is 118 Å². The number of ketones is 2. The van der Waals surface area contributed by atoms with Crippen LogP contribution < -0.4 is 24.3 Å². The zero-order valence-corrected chi connectivity index (χ0v) is 45.8. The number of aliphatic hydroxyl groups excluding tert-OH is 1. The average Bonchev–Trinajstić information content (AvgIpc) is 4.08. The minimum Gasteiger partial charge on any atom is -0.454 e. The molecule has 4 aliphatic heterocycles. The number of Topliss-reactive ketones (excluding diaryl/α,β-unsaturated/α-hetero) is 2. The Hall–Kier alpha value is -4.62. The standard InChI is InChI=1S/C27H27ClN2O3S.C22H18ClNO4S.C5H11N.CH3ClO2S/c28-20-7-3-2-6-19(20)26(30-12-4-1-5-13-30)23-16-29-25(34-23)15-24(31)27(10-11-27)18-8-9-21-22(14-18)33-17-32-21;23-15-4-2-1-3-14(15)21(26)18-11-24-20(29-18)10-19(25)22(7-8-22)13-5-6-16-17(9-13)28-12-27-16;1-2-4-6-5-3-1;1-5(2,3)4/h2-3,6-9,14,16,26H,1,4-5,10-13,15,17H2;1-6,9,11,21,26H,7-8,10,12H2;6H,1-5H2;1H3. The van der Waals surface area contributed by atoms with Gasteiger partial charge in [0, 0.05) is 43.6 Å². The average molecular weight is 1120 g/mol. The van der Waals surface area contributed by atoms with Crippen molar-refractivity contribution in [1.29, 1.82) is 0 Å². The van der Waals surface area contributed by atoms with Crippen molar-refractivity contribution in [2.75, 3.05) is 46.0 Å². The van der Waals surface area contributed by atoms with Crippen LogP contribution in [0.15, 0.2) is 97.3 Å². The van der Waals surface area contributed by atoms with E-state index in [1.54, 1.807) is 29.7 Å². The largest absolute Gasteiger partial charge is 0.454 e. The van der Waals surface area contributed by atoms with Crippen LogP contribution in [0.2, 0.25) is 10.0 Å². The summed E-state index contributed by atoms with van der Waals surface area (Å²) in [4.78, 5) is 40.0. The first-order valence-corrected chi connectivity index (χ1v) is 30.1. The molecule has 6 aliphatic rings. The highest BCUT2D eigenvalue weighted by Crippen LogP contribution is 2.53. The van der Waals surface area contributed by atoms with E-state index >= 15 is 0 Å². The number of halogens is 3. The molecule has 74 heavy (non-hydrogen) atoms. The van der Waals surface area contributed by atoms with Gasteiger partial charge in [0.05, 0.1) is 40.8 Å². The van der Waals surface area contributed by atoms with E-state index in [1.807, 2.05) is 72.9 Å². The molecule has 0 amide bonds. The molecule has 0 bridgehead atoms. The number of hydrogen-bond acceptors (Lipinski definition) is 15. The van der Waals surface area contributed by atoms with E-state index in [4.69, 9.17) is 47.1 Å². The predicted octanol–water partition coefficient (Wildman–Crippen LogP) is 11.3. The van der Waals surface area contributed by atoms with Crippen LogP contribution in [0.4, 0.5) is 0 Å². The zero-order chi connectivity index (χ0) is 51.9. The van der Waals surface area contributed by atoms with Gasteiger partial charge in [-0.05, 0) is 131 Å². The minimum absolute atomic E-state index is 0.0825. The number of piperidine rings is 2. The van der Waals surface area contributed by atoms with Crippen LogP contribution in [-0.4, -0.2) is 86.0 Å². The van der Waals surface area contributed by atoms with Crippen molar-refractivity contribution < 1.29 is 42.1 Å². The Kier molecular flexibility index (Phi) is 17.7. The quantitative estimate of drug-likeness (QED) is 0.105. The number of ether oxygens (including phenoxy) is 4. The lowest BCUT2D eigenvalue weighted by atomic mass is 9.89. The van der Waals surface area contributed by atoms with Gasteiger partial charge in [0.25, 0.3) is 0 Å². The Morgan fingerprint density at radius 1 is 0.662 bits per heavy atom. The van der Waals surface area contributed by atoms with Crippen molar-refractivity contribution in [1.82, 2.24) is 20.2 Å². The lowest BCUT2D eigenvalue weighted by Gasteiger charge is -2.34. The second kappa shape index (κ2) is 24.2. The summed E-state index contributed by atoms with van der Waals surface area (Å²) in [5.74, 6) is 3.28. The van der Waals surface area contributed by atoms with Crippen LogP contribution >= 0.6 is 56.6 Å². The molecule has 19 heteroatoms. The summed E-state index contributed by atoms with van der Waals surface area (Å²) < 4.78 is 40.6. The number of hydrogen-bond donors (Lipinski definition) is 2. The maximum atomic E-state index is 13.5. The monoisotopic (exact) mass is 1120 g/mol. The molecule has 2 saturated heterocycles. The van der Waals surface area contributed by atoms with Crippen LogP contribution in [0.25, 0.3) is 0 Å². The van der Waals surface area contributed by atoms with E-state index in [-0.39, 0.29) is 37.6 Å². The zero-order valence-electron chi connectivity index (χ0n) is 41.0. The maximum absolute atomic E-state index is 13.5. The van der Waals surface area contributed by atoms with E-state index in [0.717, 1.165) is 93.9 Å². The first-order valence-electron chi connectivity index (χ1n) is 25.0. The summed E-state index contributed by atoms with van der Waals surface area (Å²) in [6, 6.07) is 27.0. The van der Waals surface area contributed by atoms with Crippen LogP contribution in [0.5, 0.6) is 23.0 Å². The molecule has 13 nitrogen and oxygen atoms in total. The van der Waals surface area contributed by atoms with Gasteiger partial charge in [-0.1, -0.05) is 84.6 Å². The van der Waals surface area contributed by atoms with Crippen LogP contribution in [0, 0.1) is 0 Å². The normalized spacial score (nSPS) is 18.5. The molecule has 2 aromatic heterocycles. The van der Waals surface area contributed by atoms with Gasteiger partial charge in [-0.15, -0.1) is 22.7 Å². The molecule has 12 rings (SSSR count). The van der Waals surface area contributed by atoms with Gasteiger partial charge in [0.2, 0.25) is 22.6 Å². The van der Waals surface area contributed by atoms with Crippen LogP contribution in [-0.2, 0) is 42.3 Å². The van der Waals surface area contributed by atoms with E-state index in [1.165, 1.54) is 63.0 Å². The number of nitrogens with zero attached hydrogens (tertiary/aromatic N) is 3. The van der Waals surface area contributed by atoms with Gasteiger partial charge in [-0.2, -0.15) is 0 Å². The van der Waals surface area contributed by atoms with Crippen molar-refractivity contribution in [3.8, 4) is 23.0 Å². The molecular formula is C55H59Cl3N4O9S3. The summed E-state index contributed by atoms with van der Waals surface area (Å²) in [5.41, 5.74) is 2.87. The Morgan fingerprint density at radius 2 is 1.11 bits per heavy atom. The lowest BCUT2D eigenvalue weighted by Crippen LogP contribution is -2.34. The first kappa shape index (κ1) is 54.2. The summed E-state index contributed by atoms with van der Waals surface area (Å²) >= 11 is 15.8. The second-order valence-electron chi connectivity index (χ2n) is 19.2. The summed E-state index contributed by atoms with van der Waals surface area (Å²) in [6.07, 6.45) is 15.5. The number of fused-ring (bicyclic) bond motifs is 2. The number of carbonyl (C=O) groups is 2. The molecule has 2 N–H and O–H groups in total. The molecule has 2 saturated carbocycles. The smallest absolute Gasteiger partial charge is 0.231 e. The van der Waals surface area contributed by atoms with E-state index in [0.29, 0.717) is 32.6 Å². The van der Waals surface area contributed by atoms with E-state index in [2.05, 4.69) is 31.9 Å². The Morgan fingerprint density at radius 3 is 1.57 bits per heavy atom. The van der Waals surface area contributed by atoms with E-state index in [9.17, 15) is 23.1 Å². The highest BCUT2D eigenvalue weighted by molar-refractivity contribution is 8.13. The SMILES string of the molecule is C1CCNCC1.CS(=O)(=O)Cl.O=C(Cc1ncc(C(O)c2ccccc2Cl)s1)C1(c2ccc3c(c2)OCO3)CC1.O=C(Cc1ncc(C(c2ccccc2Cl)N2CCCCC2)s1)C1(c2ccc3c(c2)OCO3)CC1. The number of carbonyl (C=O) groups excluding carboxylic acids is 2. The topological polar surface area (TPSA) is 166 Å². The summed E-state index contributed by atoms with van der Waals surface area (Å²) in [6.45, 7) is 5.06. The van der Waals surface area contributed by atoms with Crippen molar-refractivity contribution in [3.05, 3.63) is 149 Å². The fourth-order valence-electron chi connectivity index (χ4n) is 9.83. The molecule has 4 aromatic carbocycles. The molecule has 6 heterocycles. The van der Waals surface area contributed by atoms with Crippen molar-refractivity contribution >= 4 is 77.2 Å². The maximum Gasteiger partial charge on any atom is 0.231 e. The molecule has 2 unspecified atom stereocenters. The molecule has 2 aliphatic carbocycles. The van der Waals surface area contributed by atoms with Crippen LogP contribution in [0.3, 0.4) is 0 Å². The van der Waals surface area contributed by atoms with E-state index < -0.39 is 26.0 Å². The molecule has 4 fully saturated rings. The highest BCUT2D eigenvalue weighted by atomic mass is 35.7. The van der Waals surface area contributed by atoms with Gasteiger partial charge >= 0.3 is 0 Å². The minimum atomic E-state index is -3.19. The van der Waals surface area contributed by atoms with Gasteiger partial charge in [-0.3, -0.25) is 14.5 Å². The second-order valence-corrected chi connectivity index (χ2v) is 25.4. The number of aromatic nitrogens is 2. The summed E-state index contributed by atoms with van der Waals surface area (Å²) in [7, 11) is 1.31. The Bertz CT molecular complexity index is 3020. The van der Waals surface area contributed by atoms with Gasteiger partial charge < -0.3 is 29.4 Å². The first-order chi connectivity index (χ1) is 35.7. The summed E-state index contributed by atoms with van der Waals surface area (Å²) in [5, 5.41) is 16.8. The van der Waals surface area contributed by atoms with Crippen molar-refractivity contribution in [2.24, 2.45) is 0 Å².